The smallest absolute Gasteiger partial charge is 1.00 e. The van der Waals surface area contributed by atoms with Crippen LogP contribution in [0.2, 0.25) is 0 Å². The van der Waals surface area contributed by atoms with Crippen molar-refractivity contribution in [1.29, 1.82) is 0 Å². The summed E-state index contributed by atoms with van der Waals surface area (Å²) in [7, 11) is -4.64. The number of phosphoric acid groups is 1. The minimum Gasteiger partial charge on any atom is -1.00 e. The molecule has 0 fully saturated rings. The van der Waals surface area contributed by atoms with Crippen molar-refractivity contribution in [3.8, 4) is 0 Å². The van der Waals surface area contributed by atoms with Crippen LogP contribution in [0.3, 0.4) is 0 Å². The van der Waals surface area contributed by atoms with Gasteiger partial charge in [0.25, 0.3) is 0 Å². The van der Waals surface area contributed by atoms with E-state index < -0.39 is 7.82 Å². The van der Waals surface area contributed by atoms with Gasteiger partial charge < -0.3 is 29.0 Å². The summed E-state index contributed by atoms with van der Waals surface area (Å²) in [6.45, 7) is 1.19. The first kappa shape index (κ1) is 22.8. The van der Waals surface area contributed by atoms with Gasteiger partial charge in [0.15, 0.2) is 0 Å². The van der Waals surface area contributed by atoms with Gasteiger partial charge in [0, 0.05) is 32.6 Å². The van der Waals surface area contributed by atoms with E-state index in [0.717, 1.165) is 0 Å². The third-order valence-electron chi connectivity index (χ3n) is 0.167. The van der Waals surface area contributed by atoms with Crippen molar-refractivity contribution in [2.24, 2.45) is 11.5 Å². The number of nitrogens with two attached hydrogens (primary N) is 2. The van der Waals surface area contributed by atoms with Crippen LogP contribution in [0.1, 0.15) is 2.85 Å². The molecule has 0 saturated heterocycles. The van der Waals surface area contributed by atoms with E-state index in [4.69, 9.17) is 30.7 Å². The molecule has 0 amide bonds. The van der Waals surface area contributed by atoms with Crippen LogP contribution in [-0.2, 0) is 24.0 Å². The van der Waals surface area contributed by atoms with Gasteiger partial charge >= 0.3 is 30.9 Å². The predicted molar refractivity (Wildman–Crippen MR) is 40.3 cm³/mol. The average molecular weight is 250 g/mol. The van der Waals surface area contributed by atoms with Crippen molar-refractivity contribution >= 4 is 30.9 Å². The second kappa shape index (κ2) is 14.0. The van der Waals surface area contributed by atoms with Crippen LogP contribution in [0.25, 0.3) is 0 Å². The molecule has 0 unspecified atom stereocenters. The molecule has 0 saturated carbocycles. The fourth-order valence-corrected chi connectivity index (χ4v) is 0. The monoisotopic (exact) mass is 248 g/mol. The van der Waals surface area contributed by atoms with E-state index in [1.807, 2.05) is 0 Å². The molecule has 0 aromatic rings. The first-order valence-electron chi connectivity index (χ1n) is 2.10. The van der Waals surface area contributed by atoms with Crippen LogP contribution in [-0.4, -0.2) is 50.8 Å². The summed E-state index contributed by atoms with van der Waals surface area (Å²) in [6, 6.07) is 0. The normalized spacial score (nSPS) is 8.09. The molecule has 0 aliphatic heterocycles. The molecule has 0 spiro atoms. The number of hydrogen-bond donors (Lipinski definition) is 5. The van der Waals surface area contributed by atoms with Gasteiger partial charge in [0.1, 0.15) is 0 Å². The fourth-order valence-electron chi connectivity index (χ4n) is 0. The van der Waals surface area contributed by atoms with Gasteiger partial charge in [0.2, 0.25) is 0 Å². The minimum absolute atomic E-state index is 0. The van der Waals surface area contributed by atoms with Gasteiger partial charge in [-0.1, -0.05) is 0 Å². The molecule has 11 heavy (non-hydrogen) atoms. The summed E-state index contributed by atoms with van der Waals surface area (Å²) in [4.78, 5) is 21.6. The number of hydrogen-bond acceptors (Lipinski definition) is 3. The topological polar surface area (TPSA) is 130 Å². The molecule has 0 heterocycles. The summed E-state index contributed by atoms with van der Waals surface area (Å²) in [5, 5.41) is 0. The van der Waals surface area contributed by atoms with Gasteiger partial charge in [-0.05, 0) is 0 Å². The second-order valence-corrected chi connectivity index (χ2v) is 2.12. The van der Waals surface area contributed by atoms with Crippen LogP contribution < -0.4 is 11.5 Å². The molecule has 0 aromatic carbocycles. The van der Waals surface area contributed by atoms with Crippen molar-refractivity contribution < 1.29 is 41.6 Å². The van der Waals surface area contributed by atoms with Gasteiger partial charge in [-0.25, -0.2) is 4.57 Å². The van der Waals surface area contributed by atoms with Gasteiger partial charge in [-0.3, -0.25) is 0 Å². The van der Waals surface area contributed by atoms with Crippen molar-refractivity contribution in [2.75, 3.05) is 13.1 Å². The Labute approximate surface area is 96.8 Å². The van der Waals surface area contributed by atoms with Gasteiger partial charge in [0.05, 0.1) is 0 Å². The van der Waals surface area contributed by atoms with E-state index in [-0.39, 0.29) is 45.4 Å². The number of rotatable bonds is 1. The van der Waals surface area contributed by atoms with E-state index in [1.165, 1.54) is 0 Å². The zero-order valence-electron chi connectivity index (χ0n) is 8.18. The Balaban J connectivity index is -0.0000000146. The maximum absolute atomic E-state index is 8.88. The SMILES string of the molecule is NCCN.O=P(O)(O)O.[H-].[H-].[Mg+2].[Zn]. The van der Waals surface area contributed by atoms with Crippen LogP contribution in [0, 0.1) is 0 Å². The quantitative estimate of drug-likeness (QED) is 0.265. The predicted octanol–water partition coefficient (Wildman–Crippen LogP) is -2.18. The van der Waals surface area contributed by atoms with Gasteiger partial charge in [-0.2, -0.15) is 0 Å². The van der Waals surface area contributed by atoms with Crippen molar-refractivity contribution in [3.05, 3.63) is 0 Å². The zero-order chi connectivity index (χ0) is 7.91. The van der Waals surface area contributed by atoms with Crippen molar-refractivity contribution in [2.45, 2.75) is 0 Å². The maximum atomic E-state index is 8.88. The van der Waals surface area contributed by atoms with Crippen LogP contribution in [0.15, 0.2) is 0 Å². The first-order chi connectivity index (χ1) is 3.91. The Kier molecular flexibility index (Phi) is 29.0. The molecule has 7 N–H and O–H groups in total. The Morgan fingerprint density at radius 2 is 1.27 bits per heavy atom. The standard InChI is InChI=1S/C2H8N2.Mg.H3O4P.Zn.2H/c3-1-2-4;;1-5(2,3)4;;;/h1-4H2;;(H3,1,2,3,4);;;/q;+2;;;2*-1. The average Bonchev–Trinajstić information content (AvgIpc) is 1.61. The molecular formula is C2H13MgN2O4PZn. The van der Waals surface area contributed by atoms with E-state index in [9.17, 15) is 0 Å². The Morgan fingerprint density at radius 1 is 1.18 bits per heavy atom. The fraction of sp³-hybridized carbons (Fsp3) is 1.00. The maximum Gasteiger partial charge on any atom is 2.00 e. The summed E-state index contributed by atoms with van der Waals surface area (Å²) < 4.78 is 8.88. The second-order valence-electron chi connectivity index (χ2n) is 1.09. The summed E-state index contributed by atoms with van der Waals surface area (Å²) in [5.74, 6) is 0. The Bertz CT molecular complexity index is 97.9. The zero-order valence-corrected chi connectivity index (χ0v) is 11.5. The van der Waals surface area contributed by atoms with E-state index >= 15 is 0 Å². The van der Waals surface area contributed by atoms with Crippen LogP contribution in [0.4, 0.5) is 0 Å². The minimum atomic E-state index is -4.64. The Morgan fingerprint density at radius 3 is 1.27 bits per heavy atom. The molecule has 64 valence electrons. The van der Waals surface area contributed by atoms with E-state index in [1.54, 1.807) is 0 Å². The van der Waals surface area contributed by atoms with E-state index in [2.05, 4.69) is 0 Å². The van der Waals surface area contributed by atoms with Crippen LogP contribution >= 0.6 is 7.82 Å². The third-order valence-corrected chi connectivity index (χ3v) is 0.167. The summed E-state index contributed by atoms with van der Waals surface area (Å²) in [6.07, 6.45) is 0. The van der Waals surface area contributed by atoms with E-state index in [0.29, 0.717) is 13.1 Å². The molecule has 0 atom stereocenters. The molecular weight excluding hydrogens is 237 g/mol. The molecule has 0 radical (unpaired) electrons. The van der Waals surface area contributed by atoms with Gasteiger partial charge in [-0.15, -0.1) is 0 Å². The van der Waals surface area contributed by atoms with Crippen molar-refractivity contribution in [3.63, 3.8) is 0 Å². The third kappa shape index (κ3) is 173. The largest absolute Gasteiger partial charge is 2.00 e. The molecule has 0 aliphatic rings. The molecule has 6 nitrogen and oxygen atoms in total. The summed E-state index contributed by atoms with van der Waals surface area (Å²) in [5.41, 5.74) is 9.81. The molecule has 0 bridgehead atoms. The molecule has 0 aromatic heterocycles. The molecule has 0 aliphatic carbocycles. The van der Waals surface area contributed by atoms with Crippen LogP contribution in [0.5, 0.6) is 0 Å². The first-order valence-corrected chi connectivity index (χ1v) is 3.66. The summed E-state index contributed by atoms with van der Waals surface area (Å²) >= 11 is 0. The molecule has 9 heteroatoms. The molecule has 0 rings (SSSR count). The van der Waals surface area contributed by atoms with Crippen molar-refractivity contribution in [1.82, 2.24) is 0 Å². The Hall–Kier alpha value is 1.42.